The van der Waals surface area contributed by atoms with Crippen LogP contribution in [0.4, 0.5) is 0 Å². The number of benzene rings is 1. The number of hydrogen-bond acceptors (Lipinski definition) is 13. The maximum atomic E-state index is 13.1. The zero-order valence-electron chi connectivity index (χ0n) is 20.8. The third kappa shape index (κ3) is 4.59. The minimum absolute atomic E-state index is 0.0426. The van der Waals surface area contributed by atoms with Crippen LogP contribution in [0.1, 0.15) is 5.56 Å². The Kier molecular flexibility index (Phi) is 7.41. The predicted molar refractivity (Wildman–Crippen MR) is 126 cm³/mol. The van der Waals surface area contributed by atoms with Crippen LogP contribution in [-0.2, 0) is 39.7 Å². The maximum Gasteiger partial charge on any atom is 0.337 e. The summed E-state index contributed by atoms with van der Waals surface area (Å²) in [6, 6.07) is 6.13. The Hall–Kier alpha value is -3.04. The molecule has 11 atom stereocenters. The van der Waals surface area contributed by atoms with Crippen LogP contribution in [0.5, 0.6) is 5.75 Å². The molecule has 212 valence electrons. The first-order chi connectivity index (χ1) is 18.6. The maximum absolute atomic E-state index is 13.1. The first-order valence-corrected chi connectivity index (χ1v) is 12.4. The number of aromatic hydroxyl groups is 1. The van der Waals surface area contributed by atoms with Gasteiger partial charge in [-0.25, -0.2) is 4.79 Å². The van der Waals surface area contributed by atoms with Crippen LogP contribution in [0, 0.1) is 17.8 Å². The van der Waals surface area contributed by atoms with Crippen LogP contribution in [0.3, 0.4) is 0 Å². The van der Waals surface area contributed by atoms with E-state index in [2.05, 4.69) is 0 Å². The van der Waals surface area contributed by atoms with Gasteiger partial charge in [-0.2, -0.15) is 0 Å². The normalized spacial score (nSPS) is 41.1. The van der Waals surface area contributed by atoms with Gasteiger partial charge in [-0.05, 0) is 30.2 Å². The van der Waals surface area contributed by atoms with Crippen LogP contribution in [-0.4, -0.2) is 105 Å². The van der Waals surface area contributed by atoms with Gasteiger partial charge in [0.25, 0.3) is 0 Å². The summed E-state index contributed by atoms with van der Waals surface area (Å²) < 4.78 is 27.7. The molecule has 5 rings (SSSR count). The van der Waals surface area contributed by atoms with E-state index in [1.165, 1.54) is 25.3 Å². The Labute approximate surface area is 222 Å². The Morgan fingerprint density at radius 1 is 1.05 bits per heavy atom. The van der Waals surface area contributed by atoms with E-state index in [1.807, 2.05) is 0 Å². The molecule has 0 bridgehead atoms. The number of carbonyl (C=O) groups is 2. The Morgan fingerprint density at radius 2 is 1.77 bits per heavy atom. The van der Waals surface area contributed by atoms with Crippen molar-refractivity contribution in [2.75, 3.05) is 13.7 Å². The molecule has 2 fully saturated rings. The van der Waals surface area contributed by atoms with Crippen LogP contribution < -0.4 is 0 Å². The lowest BCUT2D eigenvalue weighted by molar-refractivity contribution is -0.347. The fraction of sp³-hybridized carbons (Fsp3) is 0.538. The van der Waals surface area contributed by atoms with E-state index in [1.54, 1.807) is 18.2 Å². The van der Waals surface area contributed by atoms with Crippen molar-refractivity contribution in [2.45, 2.75) is 55.1 Å². The largest absolute Gasteiger partial charge is 0.508 e. The smallest absolute Gasteiger partial charge is 0.337 e. The molecule has 13 nitrogen and oxygen atoms in total. The molecule has 2 saturated heterocycles. The van der Waals surface area contributed by atoms with E-state index in [0.29, 0.717) is 5.56 Å². The number of aliphatic hydroxyl groups is 5. The van der Waals surface area contributed by atoms with Gasteiger partial charge in [-0.1, -0.05) is 18.2 Å². The SMILES string of the molecule is COC(=O)C1=CO[C@H](O[C@@H]2O[C@H](CO)[C@H](O)[C@H](O)[C@H]2O)[C@H]2[C@@H]1C=C[C@]21OC(=O)[C@H](Cc2ccc(O)cc2)[C@H]1O. The van der Waals surface area contributed by atoms with E-state index in [9.17, 15) is 40.2 Å². The number of ether oxygens (including phenoxy) is 5. The van der Waals surface area contributed by atoms with Crippen LogP contribution in [0.15, 0.2) is 48.3 Å². The topological polar surface area (TPSA) is 202 Å². The predicted octanol–water partition coefficient (Wildman–Crippen LogP) is -1.76. The molecule has 3 heterocycles. The lowest BCUT2D eigenvalue weighted by Crippen LogP contribution is -2.61. The minimum atomic E-state index is -1.75. The first kappa shape index (κ1) is 27.5. The summed E-state index contributed by atoms with van der Waals surface area (Å²) in [5, 5.41) is 61.3. The highest BCUT2D eigenvalue weighted by atomic mass is 16.8. The highest BCUT2D eigenvalue weighted by Crippen LogP contribution is 2.53. The van der Waals surface area contributed by atoms with Crippen molar-refractivity contribution < 1.29 is 63.9 Å². The highest BCUT2D eigenvalue weighted by molar-refractivity contribution is 5.89. The van der Waals surface area contributed by atoms with Crippen LogP contribution in [0.25, 0.3) is 0 Å². The van der Waals surface area contributed by atoms with Crippen molar-refractivity contribution >= 4 is 11.9 Å². The van der Waals surface area contributed by atoms with Crippen molar-refractivity contribution in [3.05, 3.63) is 53.8 Å². The Balaban J connectivity index is 1.46. The molecular weight excluding hydrogens is 520 g/mol. The number of hydrogen-bond donors (Lipinski definition) is 6. The van der Waals surface area contributed by atoms with Crippen molar-refractivity contribution in [1.82, 2.24) is 0 Å². The Bertz CT molecular complexity index is 1150. The number of phenolic OH excluding ortho intramolecular Hbond substituents is 1. The molecule has 3 aliphatic heterocycles. The molecule has 0 saturated carbocycles. The number of esters is 2. The molecule has 0 aromatic heterocycles. The van der Waals surface area contributed by atoms with Crippen molar-refractivity contribution in [3.8, 4) is 5.75 Å². The van der Waals surface area contributed by atoms with Crippen molar-refractivity contribution in [3.63, 3.8) is 0 Å². The van der Waals surface area contributed by atoms with E-state index < -0.39 is 85.0 Å². The van der Waals surface area contributed by atoms with Crippen molar-refractivity contribution in [1.29, 1.82) is 0 Å². The van der Waals surface area contributed by atoms with E-state index in [0.717, 1.165) is 6.26 Å². The number of allylic oxidation sites excluding steroid dienone is 1. The number of phenols is 1. The molecule has 0 unspecified atom stereocenters. The molecule has 0 amide bonds. The van der Waals surface area contributed by atoms with Gasteiger partial charge in [0.15, 0.2) is 11.9 Å². The summed E-state index contributed by atoms with van der Waals surface area (Å²) in [5.74, 6) is -4.28. The second kappa shape index (κ2) is 10.5. The summed E-state index contributed by atoms with van der Waals surface area (Å²) >= 11 is 0. The van der Waals surface area contributed by atoms with Crippen LogP contribution >= 0.6 is 0 Å². The fourth-order valence-corrected chi connectivity index (χ4v) is 5.71. The van der Waals surface area contributed by atoms with Gasteiger partial charge in [-0.3, -0.25) is 4.79 Å². The van der Waals surface area contributed by atoms with E-state index in [4.69, 9.17) is 23.7 Å². The summed E-state index contributed by atoms with van der Waals surface area (Å²) in [6.45, 7) is -0.685. The summed E-state index contributed by atoms with van der Waals surface area (Å²) in [5.41, 5.74) is -0.988. The molecule has 1 aliphatic carbocycles. The lowest BCUT2D eigenvalue weighted by Gasteiger charge is -2.45. The molecule has 1 aromatic carbocycles. The minimum Gasteiger partial charge on any atom is -0.508 e. The van der Waals surface area contributed by atoms with Gasteiger partial charge >= 0.3 is 11.9 Å². The molecule has 4 aliphatic rings. The van der Waals surface area contributed by atoms with Gasteiger partial charge in [0.1, 0.15) is 36.3 Å². The van der Waals surface area contributed by atoms with Gasteiger partial charge in [0.05, 0.1) is 37.4 Å². The van der Waals surface area contributed by atoms with E-state index >= 15 is 0 Å². The molecule has 6 N–H and O–H groups in total. The number of methoxy groups -OCH3 is 1. The number of aliphatic hydroxyl groups excluding tert-OH is 5. The molecular formula is C26H30O13. The average Bonchev–Trinajstić information content (AvgIpc) is 3.43. The second-order valence-corrected chi connectivity index (χ2v) is 10.0. The third-order valence-electron chi connectivity index (χ3n) is 7.81. The van der Waals surface area contributed by atoms with Gasteiger partial charge in [0, 0.05) is 5.92 Å². The first-order valence-electron chi connectivity index (χ1n) is 12.4. The van der Waals surface area contributed by atoms with Crippen molar-refractivity contribution in [2.24, 2.45) is 17.8 Å². The van der Waals surface area contributed by atoms with Crippen LogP contribution in [0.2, 0.25) is 0 Å². The number of carbonyl (C=O) groups excluding carboxylic acids is 2. The third-order valence-corrected chi connectivity index (χ3v) is 7.81. The molecule has 39 heavy (non-hydrogen) atoms. The molecule has 1 aromatic rings. The summed E-state index contributed by atoms with van der Waals surface area (Å²) in [4.78, 5) is 25.6. The fourth-order valence-electron chi connectivity index (χ4n) is 5.71. The zero-order valence-corrected chi connectivity index (χ0v) is 20.8. The monoisotopic (exact) mass is 550 g/mol. The molecule has 13 heteroatoms. The van der Waals surface area contributed by atoms with Gasteiger partial charge < -0.3 is 54.3 Å². The summed E-state index contributed by atoms with van der Waals surface area (Å²) in [6.07, 6.45) is -6.53. The number of rotatable bonds is 6. The Morgan fingerprint density at radius 3 is 2.44 bits per heavy atom. The molecule has 0 radical (unpaired) electrons. The van der Waals surface area contributed by atoms with Gasteiger partial charge in [-0.15, -0.1) is 0 Å². The summed E-state index contributed by atoms with van der Waals surface area (Å²) in [7, 11) is 1.18. The second-order valence-electron chi connectivity index (χ2n) is 10.0. The number of fused-ring (bicyclic) bond motifs is 2. The highest BCUT2D eigenvalue weighted by Gasteiger charge is 2.66. The molecule has 1 spiro atoms. The van der Waals surface area contributed by atoms with Gasteiger partial charge in [0.2, 0.25) is 6.29 Å². The van der Waals surface area contributed by atoms with E-state index in [-0.39, 0.29) is 17.7 Å². The lowest BCUT2D eigenvalue weighted by atomic mass is 9.74. The standard InChI is InChI=1S/C26H30O13/c1-35-22(33)15-10-36-24(38-25-20(31)19(30)18(29)16(9-27)37-25)17-13(15)6-7-26(17)21(32)14(23(34)39-26)8-11-2-4-12(28)5-3-11/h2-7,10,13-14,16-21,24-25,27-32H,8-9H2,1H3/t13-,14-,16-,17-,18+,19+,20-,21-,24-,25+,26+/m1/s1. The average molecular weight is 551 g/mol. The quantitative estimate of drug-likeness (QED) is 0.172. The zero-order chi connectivity index (χ0) is 28.1.